The second kappa shape index (κ2) is 6.55. The molecule has 4 heteroatoms. The number of hydrogen-bond donors (Lipinski definition) is 1. The van der Waals surface area contributed by atoms with Crippen molar-refractivity contribution in [1.82, 2.24) is 4.90 Å². The molecule has 0 bridgehead atoms. The minimum absolute atomic E-state index is 0.439. The molecule has 3 nitrogen and oxygen atoms in total. The predicted molar refractivity (Wildman–Crippen MR) is 87.2 cm³/mol. The van der Waals surface area contributed by atoms with E-state index in [-0.39, 0.29) is 0 Å². The molecule has 2 unspecified atom stereocenters. The summed E-state index contributed by atoms with van der Waals surface area (Å²) in [6.07, 6.45) is 2.53. The summed E-state index contributed by atoms with van der Waals surface area (Å²) in [6, 6.07) is 6.55. The Morgan fingerprint density at radius 2 is 2.20 bits per heavy atom. The fraction of sp³-hybridized carbons (Fsp3) is 0.562. The first-order valence-electron chi connectivity index (χ1n) is 7.22. The molecule has 0 amide bonds. The number of rotatable bonds is 4. The molecule has 1 saturated heterocycles. The van der Waals surface area contributed by atoms with E-state index in [1.165, 1.54) is 18.4 Å². The van der Waals surface area contributed by atoms with E-state index in [0.29, 0.717) is 11.0 Å². The highest BCUT2D eigenvalue weighted by Crippen LogP contribution is 2.27. The monoisotopic (exact) mass is 292 g/mol. The molecule has 1 aromatic carbocycles. The van der Waals surface area contributed by atoms with Gasteiger partial charge in [0.1, 0.15) is 10.7 Å². The van der Waals surface area contributed by atoms with Crippen LogP contribution in [0.5, 0.6) is 5.75 Å². The van der Waals surface area contributed by atoms with Crippen LogP contribution in [0.15, 0.2) is 18.2 Å². The smallest absolute Gasteiger partial charge is 0.123 e. The number of methoxy groups -OCH3 is 1. The van der Waals surface area contributed by atoms with Crippen LogP contribution in [0.4, 0.5) is 0 Å². The fourth-order valence-corrected chi connectivity index (χ4v) is 3.09. The number of ether oxygens (including phenoxy) is 1. The standard InChI is InChI=1S/C16H24N2OS/c1-11-6-7-18(12(2)8-11)10-14-9-13(16(17)20)4-5-15(14)19-3/h4-5,9,11-12H,6-8,10H2,1-3H3,(H2,17,20). The fourth-order valence-electron chi connectivity index (χ4n) is 2.96. The Labute approximate surface area is 127 Å². The molecule has 1 aliphatic rings. The molecule has 1 fully saturated rings. The average molecular weight is 292 g/mol. The first kappa shape index (κ1) is 15.3. The summed E-state index contributed by atoms with van der Waals surface area (Å²) in [5, 5.41) is 0. The lowest BCUT2D eigenvalue weighted by Gasteiger charge is -2.36. The molecule has 1 aromatic rings. The Morgan fingerprint density at radius 3 is 2.80 bits per heavy atom. The number of hydrogen-bond acceptors (Lipinski definition) is 3. The van der Waals surface area contributed by atoms with Gasteiger partial charge in [-0.3, -0.25) is 4.90 Å². The number of nitrogens with two attached hydrogens (primary N) is 1. The van der Waals surface area contributed by atoms with Gasteiger partial charge in [-0.2, -0.15) is 0 Å². The Balaban J connectivity index is 2.18. The maximum atomic E-state index is 5.73. The van der Waals surface area contributed by atoms with E-state index in [9.17, 15) is 0 Å². The second-order valence-electron chi connectivity index (χ2n) is 5.84. The van der Waals surface area contributed by atoms with Gasteiger partial charge in [0.2, 0.25) is 0 Å². The van der Waals surface area contributed by atoms with Crippen LogP contribution in [0.2, 0.25) is 0 Å². The van der Waals surface area contributed by atoms with Crippen molar-refractivity contribution in [2.24, 2.45) is 11.7 Å². The predicted octanol–water partition coefficient (Wildman–Crippen LogP) is 2.95. The summed E-state index contributed by atoms with van der Waals surface area (Å²) < 4.78 is 5.47. The van der Waals surface area contributed by atoms with E-state index in [1.807, 2.05) is 12.1 Å². The van der Waals surface area contributed by atoms with Crippen LogP contribution in [0.1, 0.15) is 37.8 Å². The maximum Gasteiger partial charge on any atom is 0.123 e. The minimum Gasteiger partial charge on any atom is -0.496 e. The molecule has 1 aliphatic heterocycles. The second-order valence-corrected chi connectivity index (χ2v) is 6.28. The zero-order valence-electron chi connectivity index (χ0n) is 12.6. The quantitative estimate of drug-likeness (QED) is 0.866. The maximum absolute atomic E-state index is 5.73. The van der Waals surface area contributed by atoms with Gasteiger partial charge in [0.05, 0.1) is 7.11 Å². The van der Waals surface area contributed by atoms with Gasteiger partial charge in [0.25, 0.3) is 0 Å². The summed E-state index contributed by atoms with van der Waals surface area (Å²) in [6.45, 7) is 6.68. The van der Waals surface area contributed by atoms with Gasteiger partial charge in [-0.25, -0.2) is 0 Å². The summed E-state index contributed by atoms with van der Waals surface area (Å²) in [4.78, 5) is 2.95. The lowest BCUT2D eigenvalue weighted by Crippen LogP contribution is -2.39. The topological polar surface area (TPSA) is 38.5 Å². The Hall–Kier alpha value is -1.13. The lowest BCUT2D eigenvalue weighted by molar-refractivity contribution is 0.121. The van der Waals surface area contributed by atoms with E-state index in [0.717, 1.165) is 30.3 Å². The Bertz CT molecular complexity index is 489. The first-order valence-corrected chi connectivity index (χ1v) is 7.63. The van der Waals surface area contributed by atoms with Gasteiger partial charge in [-0.1, -0.05) is 19.1 Å². The third-order valence-corrected chi connectivity index (χ3v) is 4.45. The zero-order chi connectivity index (χ0) is 14.7. The van der Waals surface area contributed by atoms with Crippen molar-refractivity contribution in [2.75, 3.05) is 13.7 Å². The summed E-state index contributed by atoms with van der Waals surface area (Å²) in [7, 11) is 1.71. The van der Waals surface area contributed by atoms with Crippen LogP contribution in [0, 0.1) is 5.92 Å². The van der Waals surface area contributed by atoms with Crippen LogP contribution in [-0.2, 0) is 6.54 Å². The van der Waals surface area contributed by atoms with Crippen molar-refractivity contribution in [3.63, 3.8) is 0 Å². The van der Waals surface area contributed by atoms with Gasteiger partial charge >= 0.3 is 0 Å². The molecule has 110 valence electrons. The SMILES string of the molecule is COc1ccc(C(N)=S)cc1CN1CCC(C)CC1C. The van der Waals surface area contributed by atoms with Gasteiger partial charge < -0.3 is 10.5 Å². The zero-order valence-corrected chi connectivity index (χ0v) is 13.4. The highest BCUT2D eigenvalue weighted by Gasteiger charge is 2.23. The van der Waals surface area contributed by atoms with Gasteiger partial charge in [0, 0.05) is 23.7 Å². The summed E-state index contributed by atoms with van der Waals surface area (Å²) >= 11 is 5.07. The number of piperidine rings is 1. The number of nitrogens with zero attached hydrogens (tertiary/aromatic N) is 1. The molecule has 0 aromatic heterocycles. The van der Waals surface area contributed by atoms with Crippen molar-refractivity contribution >= 4 is 17.2 Å². The lowest BCUT2D eigenvalue weighted by atomic mass is 9.93. The molecule has 0 aliphatic carbocycles. The molecule has 20 heavy (non-hydrogen) atoms. The van der Waals surface area contributed by atoms with E-state index < -0.39 is 0 Å². The normalized spacial score (nSPS) is 23.6. The van der Waals surface area contributed by atoms with Crippen molar-refractivity contribution in [1.29, 1.82) is 0 Å². The van der Waals surface area contributed by atoms with Crippen molar-refractivity contribution in [2.45, 2.75) is 39.3 Å². The molecule has 0 spiro atoms. The molecule has 1 heterocycles. The van der Waals surface area contributed by atoms with Crippen molar-refractivity contribution < 1.29 is 4.74 Å². The molecule has 0 radical (unpaired) electrons. The van der Waals surface area contributed by atoms with Crippen LogP contribution in [-0.4, -0.2) is 29.6 Å². The van der Waals surface area contributed by atoms with Gasteiger partial charge in [-0.05, 0) is 50.4 Å². The number of benzene rings is 1. The Kier molecular flexibility index (Phi) is 5.00. The van der Waals surface area contributed by atoms with Crippen LogP contribution < -0.4 is 10.5 Å². The summed E-state index contributed by atoms with van der Waals surface area (Å²) in [5.74, 6) is 1.74. The highest BCUT2D eigenvalue weighted by molar-refractivity contribution is 7.80. The van der Waals surface area contributed by atoms with Crippen molar-refractivity contribution in [3.05, 3.63) is 29.3 Å². The first-order chi connectivity index (χ1) is 9.51. The molecule has 0 saturated carbocycles. The number of likely N-dealkylation sites (tertiary alicyclic amines) is 1. The molecular formula is C16H24N2OS. The highest BCUT2D eigenvalue weighted by atomic mass is 32.1. The minimum atomic E-state index is 0.439. The van der Waals surface area contributed by atoms with E-state index in [4.69, 9.17) is 22.7 Å². The molecule has 2 atom stereocenters. The molecule has 2 N–H and O–H groups in total. The average Bonchev–Trinajstić information content (AvgIpc) is 2.41. The largest absolute Gasteiger partial charge is 0.496 e. The van der Waals surface area contributed by atoms with Crippen LogP contribution in [0.25, 0.3) is 0 Å². The molecular weight excluding hydrogens is 268 g/mol. The van der Waals surface area contributed by atoms with Crippen molar-refractivity contribution in [3.8, 4) is 5.75 Å². The van der Waals surface area contributed by atoms with Crippen LogP contribution >= 0.6 is 12.2 Å². The van der Waals surface area contributed by atoms with E-state index in [1.54, 1.807) is 7.11 Å². The molecule has 2 rings (SSSR count). The summed E-state index contributed by atoms with van der Waals surface area (Å²) in [5.41, 5.74) is 7.81. The van der Waals surface area contributed by atoms with Gasteiger partial charge in [-0.15, -0.1) is 0 Å². The third-order valence-electron chi connectivity index (χ3n) is 4.21. The van der Waals surface area contributed by atoms with Crippen LogP contribution in [0.3, 0.4) is 0 Å². The van der Waals surface area contributed by atoms with E-state index in [2.05, 4.69) is 24.8 Å². The number of thiocarbonyl (C=S) groups is 1. The van der Waals surface area contributed by atoms with Gasteiger partial charge in [0.15, 0.2) is 0 Å². The Morgan fingerprint density at radius 1 is 1.45 bits per heavy atom. The third kappa shape index (κ3) is 3.49. The van der Waals surface area contributed by atoms with E-state index >= 15 is 0 Å².